The summed E-state index contributed by atoms with van der Waals surface area (Å²) in [5, 5.41) is 6.39. The number of carbonyl (C=O) groups excluding carboxylic acids is 1. The molecule has 2 N–H and O–H groups in total. The number of pyridine rings is 1. The Balaban J connectivity index is 1.83. The van der Waals surface area contributed by atoms with Gasteiger partial charge in [0.2, 0.25) is 0 Å². The van der Waals surface area contributed by atoms with E-state index in [-0.39, 0.29) is 5.91 Å². The van der Waals surface area contributed by atoms with E-state index in [1.807, 2.05) is 18.2 Å². The number of hydrogen-bond donors (Lipinski definition) is 2. The molecule has 0 fully saturated rings. The van der Waals surface area contributed by atoms with Crippen LogP contribution < -0.4 is 10.6 Å². The van der Waals surface area contributed by atoms with Crippen molar-refractivity contribution in [1.29, 1.82) is 0 Å². The van der Waals surface area contributed by atoms with Crippen molar-refractivity contribution < 1.29 is 4.79 Å². The first kappa shape index (κ1) is 12.1. The first-order valence-electron chi connectivity index (χ1n) is 5.98. The van der Waals surface area contributed by atoms with Gasteiger partial charge >= 0.3 is 0 Å². The largest absolute Gasteiger partial charge is 0.309 e. The van der Waals surface area contributed by atoms with E-state index in [2.05, 4.69) is 15.6 Å². The summed E-state index contributed by atoms with van der Waals surface area (Å²) in [6.07, 6.45) is 1.59. The highest BCUT2D eigenvalue weighted by molar-refractivity contribution is 6.33. The number of rotatable bonds is 2. The van der Waals surface area contributed by atoms with E-state index in [9.17, 15) is 4.79 Å². The Morgan fingerprint density at radius 1 is 1.26 bits per heavy atom. The summed E-state index contributed by atoms with van der Waals surface area (Å²) in [7, 11) is 0. The molecule has 3 rings (SSSR count). The van der Waals surface area contributed by atoms with Crippen molar-refractivity contribution in [3.8, 4) is 0 Å². The van der Waals surface area contributed by atoms with E-state index in [1.54, 1.807) is 18.3 Å². The van der Waals surface area contributed by atoms with E-state index in [0.717, 1.165) is 13.1 Å². The van der Waals surface area contributed by atoms with Crippen molar-refractivity contribution in [2.75, 3.05) is 5.32 Å². The van der Waals surface area contributed by atoms with Crippen molar-refractivity contribution in [3.05, 3.63) is 58.2 Å². The van der Waals surface area contributed by atoms with E-state index in [4.69, 9.17) is 11.6 Å². The van der Waals surface area contributed by atoms with Crippen LogP contribution in [0.15, 0.2) is 36.5 Å². The Kier molecular flexibility index (Phi) is 3.19. The first-order valence-corrected chi connectivity index (χ1v) is 6.36. The average molecular weight is 274 g/mol. The molecule has 0 aliphatic carbocycles. The summed E-state index contributed by atoms with van der Waals surface area (Å²) in [4.78, 5) is 16.2. The van der Waals surface area contributed by atoms with E-state index in [0.29, 0.717) is 16.4 Å². The third-order valence-electron chi connectivity index (χ3n) is 3.09. The molecule has 1 aliphatic rings. The van der Waals surface area contributed by atoms with Gasteiger partial charge in [-0.25, -0.2) is 4.98 Å². The van der Waals surface area contributed by atoms with Crippen LogP contribution in [0.1, 0.15) is 21.5 Å². The van der Waals surface area contributed by atoms with Crippen molar-refractivity contribution in [2.45, 2.75) is 13.1 Å². The van der Waals surface area contributed by atoms with Crippen LogP contribution in [0.3, 0.4) is 0 Å². The molecule has 0 bridgehead atoms. The lowest BCUT2D eigenvalue weighted by molar-refractivity contribution is 0.102. The van der Waals surface area contributed by atoms with Crippen LogP contribution >= 0.6 is 11.6 Å². The summed E-state index contributed by atoms with van der Waals surface area (Å²) in [6, 6.07) is 9.11. The number of amides is 1. The number of nitrogens with zero attached hydrogens (tertiary/aromatic N) is 1. The number of carbonyl (C=O) groups is 1. The molecular weight excluding hydrogens is 262 g/mol. The van der Waals surface area contributed by atoms with Gasteiger partial charge in [-0.2, -0.15) is 0 Å². The quantitative estimate of drug-likeness (QED) is 0.884. The molecule has 0 saturated heterocycles. The molecule has 0 unspecified atom stereocenters. The maximum atomic E-state index is 12.1. The Bertz CT molecular complexity index is 642. The minimum atomic E-state index is -0.199. The number of aromatic nitrogens is 1. The van der Waals surface area contributed by atoms with Crippen molar-refractivity contribution in [3.63, 3.8) is 0 Å². The summed E-state index contributed by atoms with van der Waals surface area (Å²) < 4.78 is 0. The van der Waals surface area contributed by atoms with Crippen LogP contribution in [0, 0.1) is 0 Å². The standard InChI is InChI=1S/C14H12ClN3O/c15-12-2-1-5-17-13(12)18-14(19)9-3-4-10-7-16-8-11(10)6-9/h1-6,16H,7-8H2,(H,17,18,19). The molecule has 5 heteroatoms. The highest BCUT2D eigenvalue weighted by atomic mass is 35.5. The Morgan fingerprint density at radius 3 is 2.95 bits per heavy atom. The van der Waals surface area contributed by atoms with Gasteiger partial charge < -0.3 is 10.6 Å². The molecule has 1 aromatic heterocycles. The highest BCUT2D eigenvalue weighted by Crippen LogP contribution is 2.20. The van der Waals surface area contributed by atoms with E-state index >= 15 is 0 Å². The van der Waals surface area contributed by atoms with E-state index in [1.165, 1.54) is 11.1 Å². The van der Waals surface area contributed by atoms with Crippen LogP contribution in [-0.2, 0) is 13.1 Å². The molecule has 19 heavy (non-hydrogen) atoms. The summed E-state index contributed by atoms with van der Waals surface area (Å²) in [6.45, 7) is 1.67. The normalized spacial score (nSPS) is 13.1. The highest BCUT2D eigenvalue weighted by Gasteiger charge is 2.14. The van der Waals surface area contributed by atoms with Gasteiger partial charge in [0.1, 0.15) is 0 Å². The lowest BCUT2D eigenvalue weighted by Crippen LogP contribution is -2.13. The zero-order valence-corrected chi connectivity index (χ0v) is 10.9. The van der Waals surface area contributed by atoms with Gasteiger partial charge in [-0.3, -0.25) is 4.79 Å². The van der Waals surface area contributed by atoms with Gasteiger partial charge in [-0.1, -0.05) is 17.7 Å². The number of halogens is 1. The number of benzene rings is 1. The average Bonchev–Trinajstić information content (AvgIpc) is 2.88. The molecule has 1 aromatic carbocycles. The molecule has 1 aliphatic heterocycles. The maximum absolute atomic E-state index is 12.1. The summed E-state index contributed by atoms with van der Waals surface area (Å²) >= 11 is 5.96. The predicted octanol–water partition coefficient (Wildman–Crippen LogP) is 2.59. The Labute approximate surface area is 115 Å². The monoisotopic (exact) mass is 273 g/mol. The third-order valence-corrected chi connectivity index (χ3v) is 3.39. The second-order valence-electron chi connectivity index (χ2n) is 4.37. The van der Waals surface area contributed by atoms with Gasteiger partial charge in [0.15, 0.2) is 5.82 Å². The van der Waals surface area contributed by atoms with Gasteiger partial charge in [0, 0.05) is 24.8 Å². The number of fused-ring (bicyclic) bond motifs is 1. The van der Waals surface area contributed by atoms with Crippen LogP contribution in [0.4, 0.5) is 5.82 Å². The fourth-order valence-electron chi connectivity index (χ4n) is 2.09. The molecule has 96 valence electrons. The molecule has 2 heterocycles. The molecule has 1 amide bonds. The fraction of sp³-hybridized carbons (Fsp3) is 0.143. The zero-order chi connectivity index (χ0) is 13.2. The predicted molar refractivity (Wildman–Crippen MR) is 74.2 cm³/mol. The molecule has 0 saturated carbocycles. The molecule has 0 radical (unpaired) electrons. The minimum Gasteiger partial charge on any atom is -0.309 e. The summed E-state index contributed by atoms with van der Waals surface area (Å²) in [5.41, 5.74) is 3.02. The van der Waals surface area contributed by atoms with Crippen molar-refractivity contribution >= 4 is 23.3 Å². The lowest BCUT2D eigenvalue weighted by atomic mass is 10.1. The Morgan fingerprint density at radius 2 is 2.11 bits per heavy atom. The number of hydrogen-bond acceptors (Lipinski definition) is 3. The number of anilines is 1. The van der Waals surface area contributed by atoms with Gasteiger partial charge in [0.25, 0.3) is 5.91 Å². The SMILES string of the molecule is O=C(Nc1ncccc1Cl)c1ccc2c(c1)CNC2. The molecule has 0 atom stereocenters. The van der Waals surface area contributed by atoms with E-state index < -0.39 is 0 Å². The fourth-order valence-corrected chi connectivity index (χ4v) is 2.26. The molecule has 4 nitrogen and oxygen atoms in total. The minimum absolute atomic E-state index is 0.199. The van der Waals surface area contributed by atoms with Crippen LogP contribution in [0.25, 0.3) is 0 Å². The second-order valence-corrected chi connectivity index (χ2v) is 4.78. The van der Waals surface area contributed by atoms with Gasteiger partial charge in [0.05, 0.1) is 5.02 Å². The first-order chi connectivity index (χ1) is 9.24. The molecular formula is C14H12ClN3O. The lowest BCUT2D eigenvalue weighted by Gasteiger charge is -2.07. The zero-order valence-electron chi connectivity index (χ0n) is 10.1. The molecule has 2 aromatic rings. The summed E-state index contributed by atoms with van der Waals surface area (Å²) in [5.74, 6) is 0.183. The van der Waals surface area contributed by atoms with Crippen molar-refractivity contribution in [1.82, 2.24) is 10.3 Å². The molecule has 0 spiro atoms. The van der Waals surface area contributed by atoms with Crippen LogP contribution in [0.5, 0.6) is 0 Å². The third kappa shape index (κ3) is 2.45. The van der Waals surface area contributed by atoms with Crippen molar-refractivity contribution in [2.24, 2.45) is 0 Å². The van der Waals surface area contributed by atoms with Gasteiger partial charge in [-0.05, 0) is 35.4 Å². The topological polar surface area (TPSA) is 54.0 Å². The van der Waals surface area contributed by atoms with Crippen LogP contribution in [0.2, 0.25) is 5.02 Å². The Hall–Kier alpha value is -1.91. The smallest absolute Gasteiger partial charge is 0.256 e. The maximum Gasteiger partial charge on any atom is 0.256 e. The second kappa shape index (κ2) is 4.99. The van der Waals surface area contributed by atoms with Gasteiger partial charge in [-0.15, -0.1) is 0 Å². The number of nitrogens with one attached hydrogen (secondary N) is 2. The van der Waals surface area contributed by atoms with Crippen LogP contribution in [-0.4, -0.2) is 10.9 Å².